The summed E-state index contributed by atoms with van der Waals surface area (Å²) < 4.78 is 1.23. The van der Waals surface area contributed by atoms with Gasteiger partial charge in [0.25, 0.3) is 0 Å². The third kappa shape index (κ3) is 4.47. The molecule has 0 aliphatic rings. The number of hydrogen-bond donors (Lipinski definition) is 0. The van der Waals surface area contributed by atoms with E-state index in [1.165, 1.54) is 23.8 Å². The molecule has 0 aliphatic heterocycles. The average Bonchev–Trinajstić information content (AvgIpc) is 2.22. The summed E-state index contributed by atoms with van der Waals surface area (Å²) in [4.78, 5) is 2.67. The Hall–Kier alpha value is 0.690. The highest BCUT2D eigenvalue weighted by molar-refractivity contribution is 14.1. The van der Waals surface area contributed by atoms with Crippen LogP contribution < -0.4 is 0 Å². The van der Waals surface area contributed by atoms with Gasteiger partial charge >= 0.3 is 0 Å². The van der Waals surface area contributed by atoms with Crippen LogP contribution in [0, 0.1) is 5.92 Å². The summed E-state index contributed by atoms with van der Waals surface area (Å²) in [5.41, 5.74) is 0. The molecule has 0 heterocycles. The van der Waals surface area contributed by atoms with Crippen LogP contribution >= 0.6 is 22.6 Å². The van der Waals surface area contributed by atoms with Gasteiger partial charge in [0.15, 0.2) is 0 Å². The minimum absolute atomic E-state index is 0.722. The molecule has 0 saturated carbocycles. The van der Waals surface area contributed by atoms with E-state index in [1.54, 1.807) is 0 Å². The fraction of sp³-hybridized carbons (Fsp3) is 1.00. The Bertz CT molecular complexity index is 138. The van der Waals surface area contributed by atoms with Crippen molar-refractivity contribution in [3.05, 3.63) is 0 Å². The maximum absolute atomic E-state index is 2.67. The largest absolute Gasteiger partial charge is 0.297 e. The Morgan fingerprint density at radius 3 is 2.07 bits per heavy atom. The highest BCUT2D eigenvalue weighted by Crippen LogP contribution is 2.18. The third-order valence-corrected chi connectivity index (χ3v) is 4.54. The number of alkyl halides is 1. The van der Waals surface area contributed by atoms with Gasteiger partial charge < -0.3 is 0 Å². The first kappa shape index (κ1) is 14.7. The Balaban J connectivity index is 4.31. The predicted octanol–water partition coefficient (Wildman–Crippen LogP) is 3.96. The van der Waals surface area contributed by atoms with Crippen LogP contribution in [0.15, 0.2) is 0 Å². The second kappa shape index (κ2) is 7.91. The standard InChI is InChI=1S/C12H26IN/c1-6-8-14(11(4)9-13)12(5)10(3)7-2/h10-12H,6-9H2,1-5H3/t10-,11?,12?/m0/s1. The van der Waals surface area contributed by atoms with E-state index in [0.717, 1.165) is 18.0 Å². The van der Waals surface area contributed by atoms with E-state index < -0.39 is 0 Å². The molecule has 2 unspecified atom stereocenters. The molecule has 0 radical (unpaired) electrons. The molecule has 0 saturated heterocycles. The van der Waals surface area contributed by atoms with E-state index in [-0.39, 0.29) is 0 Å². The molecule has 3 atom stereocenters. The van der Waals surface area contributed by atoms with E-state index in [2.05, 4.69) is 62.1 Å². The van der Waals surface area contributed by atoms with Crippen molar-refractivity contribution < 1.29 is 0 Å². The van der Waals surface area contributed by atoms with Gasteiger partial charge in [-0.05, 0) is 32.7 Å². The molecule has 0 N–H and O–H groups in total. The minimum atomic E-state index is 0.722. The zero-order chi connectivity index (χ0) is 11.1. The highest BCUT2D eigenvalue weighted by atomic mass is 127. The second-order valence-corrected chi connectivity index (χ2v) is 5.25. The van der Waals surface area contributed by atoms with Gasteiger partial charge in [-0.1, -0.05) is 49.8 Å². The zero-order valence-corrected chi connectivity index (χ0v) is 12.5. The molecule has 0 rings (SSSR count). The Kier molecular flexibility index (Phi) is 8.30. The Morgan fingerprint density at radius 1 is 1.14 bits per heavy atom. The van der Waals surface area contributed by atoms with Gasteiger partial charge in [-0.15, -0.1) is 0 Å². The van der Waals surface area contributed by atoms with Crippen molar-refractivity contribution in [3.63, 3.8) is 0 Å². The number of hydrogen-bond acceptors (Lipinski definition) is 1. The topological polar surface area (TPSA) is 3.24 Å². The number of rotatable bonds is 7. The van der Waals surface area contributed by atoms with Gasteiger partial charge in [-0.25, -0.2) is 0 Å². The van der Waals surface area contributed by atoms with Crippen LogP contribution in [0.5, 0.6) is 0 Å². The quantitative estimate of drug-likeness (QED) is 0.508. The normalized spacial score (nSPS) is 18.2. The molecule has 0 aromatic carbocycles. The minimum Gasteiger partial charge on any atom is -0.297 e. The molecule has 2 heteroatoms. The molecule has 0 aliphatic carbocycles. The summed E-state index contributed by atoms with van der Waals surface area (Å²) in [6.45, 7) is 12.9. The monoisotopic (exact) mass is 311 g/mol. The van der Waals surface area contributed by atoms with Crippen molar-refractivity contribution in [3.8, 4) is 0 Å². The molecular weight excluding hydrogens is 285 g/mol. The maximum atomic E-state index is 2.67. The lowest BCUT2D eigenvalue weighted by Gasteiger charge is -2.36. The number of halogens is 1. The fourth-order valence-electron chi connectivity index (χ4n) is 1.84. The van der Waals surface area contributed by atoms with Crippen molar-refractivity contribution in [1.29, 1.82) is 0 Å². The summed E-state index contributed by atoms with van der Waals surface area (Å²) in [5.74, 6) is 0.812. The lowest BCUT2D eigenvalue weighted by Crippen LogP contribution is -2.44. The third-order valence-electron chi connectivity index (χ3n) is 3.26. The van der Waals surface area contributed by atoms with Crippen molar-refractivity contribution in [2.45, 2.75) is 59.5 Å². The molecule has 1 nitrogen and oxygen atoms in total. The molecular formula is C12H26IN. The molecule has 0 fully saturated rings. The van der Waals surface area contributed by atoms with Crippen LogP contribution in [0.1, 0.15) is 47.5 Å². The molecule has 0 aromatic heterocycles. The smallest absolute Gasteiger partial charge is 0.0159 e. The van der Waals surface area contributed by atoms with Crippen LogP contribution in [-0.2, 0) is 0 Å². The lowest BCUT2D eigenvalue weighted by molar-refractivity contribution is 0.126. The Labute approximate surface area is 104 Å². The summed E-state index contributed by atoms with van der Waals surface area (Å²) in [6, 6.07) is 1.45. The molecule has 0 bridgehead atoms. The Morgan fingerprint density at radius 2 is 1.71 bits per heavy atom. The van der Waals surface area contributed by atoms with E-state index >= 15 is 0 Å². The van der Waals surface area contributed by atoms with Crippen LogP contribution in [0.4, 0.5) is 0 Å². The van der Waals surface area contributed by atoms with Crippen molar-refractivity contribution in [1.82, 2.24) is 4.90 Å². The van der Waals surface area contributed by atoms with Crippen LogP contribution in [0.2, 0.25) is 0 Å². The highest BCUT2D eigenvalue weighted by Gasteiger charge is 2.21. The maximum Gasteiger partial charge on any atom is 0.0159 e. The molecule has 14 heavy (non-hydrogen) atoms. The van der Waals surface area contributed by atoms with Gasteiger partial charge in [0.05, 0.1) is 0 Å². The first-order chi connectivity index (χ1) is 6.58. The van der Waals surface area contributed by atoms with Gasteiger partial charge in [0.1, 0.15) is 0 Å². The summed E-state index contributed by atoms with van der Waals surface area (Å²) in [5, 5.41) is 0. The molecule has 0 aromatic rings. The van der Waals surface area contributed by atoms with Crippen LogP contribution in [-0.4, -0.2) is 28.0 Å². The van der Waals surface area contributed by atoms with E-state index in [9.17, 15) is 0 Å². The van der Waals surface area contributed by atoms with Gasteiger partial charge in [0.2, 0.25) is 0 Å². The van der Waals surface area contributed by atoms with Gasteiger partial charge in [0, 0.05) is 16.5 Å². The summed E-state index contributed by atoms with van der Waals surface area (Å²) in [6.07, 6.45) is 2.55. The van der Waals surface area contributed by atoms with E-state index in [1.807, 2.05) is 0 Å². The van der Waals surface area contributed by atoms with Crippen LogP contribution in [0.25, 0.3) is 0 Å². The van der Waals surface area contributed by atoms with Crippen molar-refractivity contribution in [2.24, 2.45) is 5.92 Å². The first-order valence-electron chi connectivity index (χ1n) is 5.90. The molecule has 0 amide bonds. The van der Waals surface area contributed by atoms with Crippen molar-refractivity contribution >= 4 is 22.6 Å². The zero-order valence-electron chi connectivity index (χ0n) is 10.4. The van der Waals surface area contributed by atoms with Gasteiger partial charge in [-0.2, -0.15) is 0 Å². The van der Waals surface area contributed by atoms with Crippen LogP contribution in [0.3, 0.4) is 0 Å². The van der Waals surface area contributed by atoms with E-state index in [0.29, 0.717) is 0 Å². The average molecular weight is 311 g/mol. The SMILES string of the molecule is CCCN(C(C)CI)C(C)[C@@H](C)CC. The van der Waals surface area contributed by atoms with Crippen molar-refractivity contribution in [2.75, 3.05) is 11.0 Å². The predicted molar refractivity (Wildman–Crippen MR) is 74.3 cm³/mol. The van der Waals surface area contributed by atoms with E-state index in [4.69, 9.17) is 0 Å². The fourth-order valence-corrected chi connectivity index (χ4v) is 2.35. The molecule has 86 valence electrons. The summed E-state index contributed by atoms with van der Waals surface area (Å²) in [7, 11) is 0. The molecule has 0 spiro atoms. The second-order valence-electron chi connectivity index (χ2n) is 4.37. The number of nitrogens with zero attached hydrogens (tertiary/aromatic N) is 1. The first-order valence-corrected chi connectivity index (χ1v) is 7.42. The lowest BCUT2D eigenvalue weighted by atomic mass is 9.98. The van der Waals surface area contributed by atoms with Gasteiger partial charge in [-0.3, -0.25) is 4.90 Å². The summed E-state index contributed by atoms with van der Waals surface area (Å²) >= 11 is 2.50.